The van der Waals surface area contributed by atoms with E-state index in [1.54, 1.807) is 14.0 Å². The van der Waals surface area contributed by atoms with Crippen molar-refractivity contribution in [3.63, 3.8) is 0 Å². The van der Waals surface area contributed by atoms with Gasteiger partial charge >= 0.3 is 5.97 Å². The van der Waals surface area contributed by atoms with Gasteiger partial charge in [-0.15, -0.1) is 0 Å². The van der Waals surface area contributed by atoms with Crippen LogP contribution in [0.5, 0.6) is 5.75 Å². The van der Waals surface area contributed by atoms with Crippen LogP contribution in [0.1, 0.15) is 18.4 Å². The molecule has 1 unspecified atom stereocenters. The molecule has 1 aromatic carbocycles. The fourth-order valence-corrected chi connectivity index (χ4v) is 1.50. The zero-order valence-electron chi connectivity index (χ0n) is 7.99. The predicted octanol–water partition coefficient (Wildman–Crippen LogP) is 2.65. The van der Waals surface area contributed by atoms with Crippen molar-refractivity contribution in [2.75, 3.05) is 7.11 Å². The molecule has 0 aliphatic rings. The second-order valence-corrected chi connectivity index (χ2v) is 3.18. The quantitative estimate of drug-likeness (QED) is 0.837. The van der Waals surface area contributed by atoms with Gasteiger partial charge in [0, 0.05) is 5.56 Å². The zero-order valence-corrected chi connectivity index (χ0v) is 9.58. The van der Waals surface area contributed by atoms with Gasteiger partial charge in [-0.25, -0.2) is 0 Å². The van der Waals surface area contributed by atoms with E-state index in [0.717, 1.165) is 5.56 Å². The Kier molecular flexibility index (Phi) is 3.95. The maximum atomic E-state index is 11.3. The number of carbonyl (C=O) groups is 1. The lowest BCUT2D eigenvalue weighted by Gasteiger charge is -2.12. The standard InChI is InChI=1S/C10H11BrO3/c1-7(10(12)14-11)8-5-3-4-6-9(8)13-2/h3-7H,1-2H3. The van der Waals surface area contributed by atoms with Crippen molar-refractivity contribution in [1.29, 1.82) is 0 Å². The molecule has 0 amide bonds. The van der Waals surface area contributed by atoms with E-state index in [9.17, 15) is 4.79 Å². The Labute approximate surface area is 91.5 Å². The van der Waals surface area contributed by atoms with E-state index in [1.165, 1.54) is 0 Å². The molecule has 0 N–H and O–H groups in total. The number of rotatable bonds is 3. The minimum Gasteiger partial charge on any atom is -0.496 e. The summed E-state index contributed by atoms with van der Waals surface area (Å²) in [7, 11) is 1.57. The predicted molar refractivity (Wildman–Crippen MR) is 56.4 cm³/mol. The summed E-state index contributed by atoms with van der Waals surface area (Å²) in [4.78, 5) is 11.3. The minimum atomic E-state index is -0.342. The summed E-state index contributed by atoms with van der Waals surface area (Å²) in [5, 5.41) is 0. The van der Waals surface area contributed by atoms with Gasteiger partial charge in [0.05, 0.1) is 13.0 Å². The Hall–Kier alpha value is -1.03. The normalized spacial score (nSPS) is 11.9. The summed E-state index contributed by atoms with van der Waals surface area (Å²) in [5.74, 6) is 0.0120. The van der Waals surface area contributed by atoms with Crippen molar-refractivity contribution in [2.45, 2.75) is 12.8 Å². The lowest BCUT2D eigenvalue weighted by molar-refractivity contribution is -0.133. The Morgan fingerprint density at radius 3 is 2.64 bits per heavy atom. The molecule has 0 bridgehead atoms. The molecular formula is C10H11BrO3. The van der Waals surface area contributed by atoms with Gasteiger partial charge in [-0.3, -0.25) is 4.79 Å². The van der Waals surface area contributed by atoms with Gasteiger partial charge in [0.25, 0.3) is 0 Å². The van der Waals surface area contributed by atoms with Crippen LogP contribution in [-0.2, 0) is 8.62 Å². The Bertz CT molecular complexity index is 325. The van der Waals surface area contributed by atoms with Crippen LogP contribution in [0.25, 0.3) is 0 Å². The first-order valence-corrected chi connectivity index (χ1v) is 4.80. The van der Waals surface area contributed by atoms with Crippen LogP contribution in [0.3, 0.4) is 0 Å². The van der Waals surface area contributed by atoms with E-state index >= 15 is 0 Å². The minimum absolute atomic E-state index is 0.338. The lowest BCUT2D eigenvalue weighted by atomic mass is 10.0. The molecule has 0 saturated carbocycles. The molecule has 3 nitrogen and oxygen atoms in total. The topological polar surface area (TPSA) is 35.5 Å². The van der Waals surface area contributed by atoms with Gasteiger partial charge in [-0.1, -0.05) is 18.2 Å². The van der Waals surface area contributed by atoms with Gasteiger partial charge in [0.15, 0.2) is 16.3 Å². The first-order valence-electron chi connectivity index (χ1n) is 4.16. The molecule has 0 saturated heterocycles. The summed E-state index contributed by atoms with van der Waals surface area (Å²) >= 11 is 2.67. The van der Waals surface area contributed by atoms with Crippen molar-refractivity contribution in [3.05, 3.63) is 29.8 Å². The van der Waals surface area contributed by atoms with Crippen molar-refractivity contribution < 1.29 is 13.4 Å². The number of hydrogen-bond donors (Lipinski definition) is 0. The van der Waals surface area contributed by atoms with Crippen LogP contribution < -0.4 is 4.74 Å². The Morgan fingerprint density at radius 2 is 2.07 bits per heavy atom. The largest absolute Gasteiger partial charge is 0.496 e. The van der Waals surface area contributed by atoms with Gasteiger partial charge in [-0.2, -0.15) is 0 Å². The van der Waals surface area contributed by atoms with E-state index < -0.39 is 0 Å². The van der Waals surface area contributed by atoms with Crippen molar-refractivity contribution in [3.8, 4) is 5.75 Å². The third-order valence-electron chi connectivity index (χ3n) is 2.04. The van der Waals surface area contributed by atoms with Crippen molar-refractivity contribution >= 4 is 22.2 Å². The molecule has 76 valence electrons. The second kappa shape index (κ2) is 5.00. The number of hydrogen-bond acceptors (Lipinski definition) is 3. The fraction of sp³-hybridized carbons (Fsp3) is 0.300. The molecule has 0 aliphatic carbocycles. The van der Waals surface area contributed by atoms with Crippen LogP contribution in [0.4, 0.5) is 0 Å². The molecule has 4 heteroatoms. The van der Waals surface area contributed by atoms with Crippen molar-refractivity contribution in [2.24, 2.45) is 0 Å². The Balaban J connectivity index is 2.99. The SMILES string of the molecule is COc1ccccc1C(C)C(=O)OBr. The molecule has 0 radical (unpaired) electrons. The monoisotopic (exact) mass is 258 g/mol. The van der Waals surface area contributed by atoms with Crippen LogP contribution in [0.15, 0.2) is 24.3 Å². The summed E-state index contributed by atoms with van der Waals surface area (Å²) in [6.07, 6.45) is 0. The van der Waals surface area contributed by atoms with Gasteiger partial charge < -0.3 is 8.57 Å². The van der Waals surface area contributed by atoms with Crippen molar-refractivity contribution in [1.82, 2.24) is 0 Å². The highest BCUT2D eigenvalue weighted by Crippen LogP contribution is 2.27. The molecule has 1 aromatic rings. The molecule has 0 spiro atoms. The average molecular weight is 259 g/mol. The molecule has 0 heterocycles. The molecule has 0 aromatic heterocycles. The van der Waals surface area contributed by atoms with E-state index in [1.807, 2.05) is 24.3 Å². The third kappa shape index (κ3) is 2.26. The summed E-state index contributed by atoms with van der Waals surface area (Å²) in [5.41, 5.74) is 0.819. The Morgan fingerprint density at radius 1 is 1.43 bits per heavy atom. The van der Waals surface area contributed by atoms with E-state index in [-0.39, 0.29) is 11.9 Å². The van der Waals surface area contributed by atoms with Gasteiger partial charge in [0.1, 0.15) is 5.75 Å². The number of methoxy groups -OCH3 is 1. The molecule has 0 fully saturated rings. The number of carbonyl (C=O) groups excluding carboxylic acids is 1. The highest BCUT2D eigenvalue weighted by atomic mass is 79.9. The highest BCUT2D eigenvalue weighted by Gasteiger charge is 2.19. The van der Waals surface area contributed by atoms with E-state index in [2.05, 4.69) is 20.1 Å². The number of halogens is 1. The molecule has 14 heavy (non-hydrogen) atoms. The van der Waals surface area contributed by atoms with Crippen LogP contribution in [0, 0.1) is 0 Å². The number of para-hydroxylation sites is 1. The van der Waals surface area contributed by atoms with Crippen LogP contribution in [0.2, 0.25) is 0 Å². The number of benzene rings is 1. The highest BCUT2D eigenvalue weighted by molar-refractivity contribution is 9.06. The summed E-state index contributed by atoms with van der Waals surface area (Å²) in [6.45, 7) is 1.77. The molecular weight excluding hydrogens is 248 g/mol. The average Bonchev–Trinajstić information content (AvgIpc) is 2.26. The molecule has 0 aliphatic heterocycles. The van der Waals surface area contributed by atoms with Crippen LogP contribution >= 0.6 is 16.3 Å². The zero-order chi connectivity index (χ0) is 10.6. The molecule has 1 rings (SSSR count). The van der Waals surface area contributed by atoms with Gasteiger partial charge in [0.2, 0.25) is 0 Å². The first-order chi connectivity index (χ1) is 6.70. The van der Waals surface area contributed by atoms with Crippen LogP contribution in [-0.4, -0.2) is 13.1 Å². The summed E-state index contributed by atoms with van der Waals surface area (Å²) in [6, 6.07) is 7.37. The van der Waals surface area contributed by atoms with E-state index in [0.29, 0.717) is 5.75 Å². The van der Waals surface area contributed by atoms with E-state index in [4.69, 9.17) is 4.74 Å². The third-order valence-corrected chi connectivity index (χ3v) is 2.35. The van der Waals surface area contributed by atoms with Gasteiger partial charge in [-0.05, 0) is 13.0 Å². The lowest BCUT2D eigenvalue weighted by Crippen LogP contribution is -2.09. The first kappa shape index (κ1) is 11.0. The number of ether oxygens (including phenoxy) is 1. The maximum absolute atomic E-state index is 11.3. The molecule has 1 atom stereocenters. The second-order valence-electron chi connectivity index (χ2n) is 2.86. The summed E-state index contributed by atoms with van der Waals surface area (Å²) < 4.78 is 9.62. The smallest absolute Gasteiger partial charge is 0.324 e. The fourth-order valence-electron chi connectivity index (χ4n) is 1.22. The maximum Gasteiger partial charge on any atom is 0.324 e.